The van der Waals surface area contributed by atoms with Gasteiger partial charge in [-0.1, -0.05) is 45.2 Å². The lowest BCUT2D eigenvalue weighted by Gasteiger charge is -2.31. The first-order valence-electron chi connectivity index (χ1n) is 8.60. The number of piperidine rings is 1. The molecular weight excluding hydrogens is 452 g/mol. The van der Waals surface area contributed by atoms with Gasteiger partial charge in [0.2, 0.25) is 15.9 Å². The minimum atomic E-state index is -3.61. The summed E-state index contributed by atoms with van der Waals surface area (Å²) < 4.78 is 28.0. The van der Waals surface area contributed by atoms with Crippen molar-refractivity contribution in [2.75, 3.05) is 18.4 Å². The van der Waals surface area contributed by atoms with Gasteiger partial charge in [-0.25, -0.2) is 8.42 Å². The maximum Gasteiger partial charge on any atom is 0.243 e. The molecule has 27 heavy (non-hydrogen) atoms. The number of carbonyl (C=O) groups is 1. The molecule has 1 aliphatic rings. The van der Waals surface area contributed by atoms with E-state index in [1.807, 2.05) is 6.92 Å². The van der Waals surface area contributed by atoms with E-state index in [0.717, 1.165) is 10.0 Å². The molecule has 1 unspecified atom stereocenters. The fourth-order valence-corrected chi connectivity index (χ4v) is 5.30. The molecule has 1 atom stereocenters. The quantitative estimate of drug-likeness (QED) is 0.716. The summed E-state index contributed by atoms with van der Waals surface area (Å²) in [5, 5.41) is 3.24. The van der Waals surface area contributed by atoms with E-state index in [9.17, 15) is 13.2 Å². The zero-order valence-electron chi connectivity index (χ0n) is 14.8. The van der Waals surface area contributed by atoms with Crippen molar-refractivity contribution in [1.29, 1.82) is 0 Å². The molecule has 1 amide bonds. The minimum absolute atomic E-state index is 0.163. The van der Waals surface area contributed by atoms with Crippen LogP contribution >= 0.6 is 27.5 Å². The molecule has 1 N–H and O–H groups in total. The number of anilines is 1. The SMILES string of the molecule is Cc1ccc(S(=O)(=O)N2CCCC(C(=O)Nc3ccc(Br)cc3Cl)C2)cc1. The number of amides is 1. The van der Waals surface area contributed by atoms with Gasteiger partial charge in [0.15, 0.2) is 0 Å². The average Bonchev–Trinajstić information content (AvgIpc) is 2.64. The van der Waals surface area contributed by atoms with Crippen molar-refractivity contribution in [3.63, 3.8) is 0 Å². The number of nitrogens with one attached hydrogen (secondary N) is 1. The van der Waals surface area contributed by atoms with Crippen molar-refractivity contribution >= 4 is 49.1 Å². The molecule has 0 radical (unpaired) electrons. The van der Waals surface area contributed by atoms with Gasteiger partial charge in [-0.2, -0.15) is 4.31 Å². The van der Waals surface area contributed by atoms with Crippen LogP contribution in [0.25, 0.3) is 0 Å². The Morgan fingerprint density at radius 2 is 1.93 bits per heavy atom. The topological polar surface area (TPSA) is 66.5 Å². The number of halogens is 2. The molecule has 8 heteroatoms. The minimum Gasteiger partial charge on any atom is -0.324 e. The molecular formula is C19H20BrClN2O3S. The van der Waals surface area contributed by atoms with E-state index in [1.165, 1.54) is 4.31 Å². The molecule has 144 valence electrons. The number of benzene rings is 2. The summed E-state index contributed by atoms with van der Waals surface area (Å²) in [6, 6.07) is 12.0. The predicted molar refractivity (Wildman–Crippen MR) is 110 cm³/mol. The molecule has 1 saturated heterocycles. The van der Waals surface area contributed by atoms with Crippen molar-refractivity contribution in [2.45, 2.75) is 24.7 Å². The first kappa shape index (κ1) is 20.3. The van der Waals surface area contributed by atoms with Gasteiger partial charge >= 0.3 is 0 Å². The summed E-state index contributed by atoms with van der Waals surface area (Å²) in [5.41, 5.74) is 1.51. The van der Waals surface area contributed by atoms with Crippen molar-refractivity contribution in [1.82, 2.24) is 4.31 Å². The number of carbonyl (C=O) groups excluding carboxylic acids is 1. The van der Waals surface area contributed by atoms with E-state index in [0.29, 0.717) is 30.1 Å². The second-order valence-corrected chi connectivity index (χ2v) is 9.89. The third kappa shape index (κ3) is 4.71. The maximum absolute atomic E-state index is 12.9. The van der Waals surface area contributed by atoms with Gasteiger partial charge in [-0.05, 0) is 50.1 Å². The Kier molecular flexibility index (Phi) is 6.25. The van der Waals surface area contributed by atoms with Crippen molar-refractivity contribution in [3.05, 3.63) is 57.5 Å². The third-order valence-electron chi connectivity index (χ3n) is 4.60. The van der Waals surface area contributed by atoms with Crippen molar-refractivity contribution < 1.29 is 13.2 Å². The van der Waals surface area contributed by atoms with Gasteiger partial charge in [0.25, 0.3) is 0 Å². The smallest absolute Gasteiger partial charge is 0.243 e. The Morgan fingerprint density at radius 1 is 1.22 bits per heavy atom. The van der Waals surface area contributed by atoms with Crippen LogP contribution in [0, 0.1) is 12.8 Å². The van der Waals surface area contributed by atoms with E-state index in [4.69, 9.17) is 11.6 Å². The Hall–Kier alpha value is -1.41. The normalized spacial score (nSPS) is 18.3. The molecule has 1 heterocycles. The van der Waals surface area contributed by atoms with Crippen LogP contribution in [0.4, 0.5) is 5.69 Å². The highest BCUT2D eigenvalue weighted by Gasteiger charge is 2.33. The van der Waals surface area contributed by atoms with Crippen LogP contribution in [0.5, 0.6) is 0 Å². The maximum atomic E-state index is 12.9. The standard InChI is InChI=1S/C19H20BrClN2O3S/c1-13-4-7-16(8-5-13)27(25,26)23-10-2-3-14(12-23)19(24)22-18-9-6-15(20)11-17(18)21/h4-9,11,14H,2-3,10,12H2,1H3,(H,22,24). The van der Waals surface area contributed by atoms with Gasteiger partial charge in [0.1, 0.15) is 0 Å². The number of rotatable bonds is 4. The van der Waals surface area contributed by atoms with Crippen LogP contribution in [0.2, 0.25) is 5.02 Å². The lowest BCUT2D eigenvalue weighted by atomic mass is 9.99. The fraction of sp³-hybridized carbons (Fsp3) is 0.316. The zero-order valence-corrected chi connectivity index (χ0v) is 17.9. The van der Waals surface area contributed by atoms with Crippen LogP contribution in [-0.4, -0.2) is 31.7 Å². The average molecular weight is 472 g/mol. The van der Waals surface area contributed by atoms with Gasteiger partial charge in [0, 0.05) is 17.6 Å². The molecule has 0 aliphatic carbocycles. The summed E-state index contributed by atoms with van der Waals surface area (Å²) >= 11 is 9.48. The van der Waals surface area contributed by atoms with E-state index in [2.05, 4.69) is 21.2 Å². The molecule has 1 aliphatic heterocycles. The molecule has 2 aromatic rings. The fourth-order valence-electron chi connectivity index (χ4n) is 3.06. The highest BCUT2D eigenvalue weighted by atomic mass is 79.9. The van der Waals surface area contributed by atoms with E-state index < -0.39 is 15.9 Å². The predicted octanol–water partition coefficient (Wildman–Crippen LogP) is 4.45. The van der Waals surface area contributed by atoms with E-state index >= 15 is 0 Å². The second kappa shape index (κ2) is 8.31. The molecule has 0 saturated carbocycles. The van der Waals surface area contributed by atoms with Crippen LogP contribution in [0.3, 0.4) is 0 Å². The highest BCUT2D eigenvalue weighted by molar-refractivity contribution is 9.10. The number of hydrogen-bond donors (Lipinski definition) is 1. The van der Waals surface area contributed by atoms with Crippen LogP contribution < -0.4 is 5.32 Å². The van der Waals surface area contributed by atoms with E-state index in [1.54, 1.807) is 42.5 Å². The van der Waals surface area contributed by atoms with Crippen LogP contribution in [0.15, 0.2) is 51.8 Å². The Bertz CT molecular complexity index is 948. The molecule has 0 aromatic heterocycles. The van der Waals surface area contributed by atoms with Gasteiger partial charge in [-0.3, -0.25) is 4.79 Å². The molecule has 3 rings (SSSR count). The van der Waals surface area contributed by atoms with Gasteiger partial charge < -0.3 is 5.32 Å². The first-order chi connectivity index (χ1) is 12.8. The lowest BCUT2D eigenvalue weighted by Crippen LogP contribution is -2.43. The largest absolute Gasteiger partial charge is 0.324 e. The Labute approximate surface area is 172 Å². The van der Waals surface area contributed by atoms with Crippen LogP contribution in [0.1, 0.15) is 18.4 Å². The van der Waals surface area contributed by atoms with E-state index in [-0.39, 0.29) is 17.3 Å². The monoisotopic (exact) mass is 470 g/mol. The summed E-state index contributed by atoms with van der Waals surface area (Å²) in [5.74, 6) is -0.637. The molecule has 5 nitrogen and oxygen atoms in total. The van der Waals surface area contributed by atoms with Crippen LogP contribution in [-0.2, 0) is 14.8 Å². The summed E-state index contributed by atoms with van der Waals surface area (Å²) in [4.78, 5) is 12.9. The molecule has 0 bridgehead atoms. The number of sulfonamides is 1. The van der Waals surface area contributed by atoms with Gasteiger partial charge in [-0.15, -0.1) is 0 Å². The third-order valence-corrected chi connectivity index (χ3v) is 7.29. The van der Waals surface area contributed by atoms with Crippen molar-refractivity contribution in [2.24, 2.45) is 5.92 Å². The molecule has 0 spiro atoms. The zero-order chi connectivity index (χ0) is 19.6. The summed E-state index contributed by atoms with van der Waals surface area (Å²) in [6.07, 6.45) is 1.27. The number of aryl methyl sites for hydroxylation is 1. The molecule has 1 fully saturated rings. The summed E-state index contributed by atoms with van der Waals surface area (Å²) in [6.45, 7) is 2.49. The highest BCUT2D eigenvalue weighted by Crippen LogP contribution is 2.28. The second-order valence-electron chi connectivity index (χ2n) is 6.63. The van der Waals surface area contributed by atoms with Crippen molar-refractivity contribution in [3.8, 4) is 0 Å². The Morgan fingerprint density at radius 3 is 2.59 bits per heavy atom. The molecule has 2 aromatic carbocycles. The number of nitrogens with zero attached hydrogens (tertiary/aromatic N) is 1. The first-order valence-corrected chi connectivity index (χ1v) is 11.2. The summed E-state index contributed by atoms with van der Waals surface area (Å²) in [7, 11) is -3.61. The van der Waals surface area contributed by atoms with Gasteiger partial charge in [0.05, 0.1) is 21.5 Å². The lowest BCUT2D eigenvalue weighted by molar-refractivity contribution is -0.120. The number of hydrogen-bond acceptors (Lipinski definition) is 3. The Balaban J connectivity index is 1.73.